The van der Waals surface area contributed by atoms with Crippen LogP contribution in [0.2, 0.25) is 0 Å². The molecule has 0 radical (unpaired) electrons. The van der Waals surface area contributed by atoms with Crippen molar-refractivity contribution in [2.24, 2.45) is 0 Å². The third kappa shape index (κ3) is 5.32. The van der Waals surface area contributed by atoms with Crippen molar-refractivity contribution in [3.05, 3.63) is 83.1 Å². The SMILES string of the molecule is O=C(/C=C/c1ccccc1)C1=C(O)C(=O)N(CCCN2CCOCC2)C1c1cccc(O)c1. The fraction of sp³-hybridized carbons (Fsp3) is 0.308. The van der Waals surface area contributed by atoms with Crippen LogP contribution >= 0.6 is 0 Å². The number of carbonyl (C=O) groups excluding carboxylic acids is 2. The Morgan fingerprint density at radius 2 is 1.79 bits per heavy atom. The molecule has 1 saturated heterocycles. The number of benzene rings is 2. The van der Waals surface area contributed by atoms with Crippen molar-refractivity contribution in [3.8, 4) is 5.75 Å². The van der Waals surface area contributed by atoms with Gasteiger partial charge in [-0.15, -0.1) is 0 Å². The van der Waals surface area contributed by atoms with Gasteiger partial charge in [-0.25, -0.2) is 0 Å². The number of ether oxygens (including phenoxy) is 1. The standard InChI is InChI=1S/C26H28N2O5/c29-21-9-4-8-20(18-21)24-23(22(30)11-10-19-6-2-1-3-7-19)25(31)26(32)28(24)13-5-12-27-14-16-33-17-15-27/h1-4,6-11,18,24,29,31H,5,12-17H2/b11-10+. The van der Waals surface area contributed by atoms with Gasteiger partial charge in [0, 0.05) is 26.2 Å². The molecule has 2 aliphatic heterocycles. The first-order chi connectivity index (χ1) is 16.0. The summed E-state index contributed by atoms with van der Waals surface area (Å²) in [5.41, 5.74) is 1.45. The summed E-state index contributed by atoms with van der Waals surface area (Å²) in [5, 5.41) is 20.7. The number of aliphatic hydroxyl groups excluding tert-OH is 1. The second kappa shape index (κ2) is 10.5. The number of rotatable bonds is 8. The van der Waals surface area contributed by atoms with Crippen LogP contribution < -0.4 is 0 Å². The van der Waals surface area contributed by atoms with E-state index in [0.717, 1.165) is 25.2 Å². The number of phenols is 1. The Hall–Kier alpha value is -3.42. The van der Waals surface area contributed by atoms with E-state index < -0.39 is 23.5 Å². The molecular formula is C26H28N2O5. The molecule has 0 aromatic heterocycles. The third-order valence-electron chi connectivity index (χ3n) is 5.96. The molecule has 7 nitrogen and oxygen atoms in total. The van der Waals surface area contributed by atoms with Crippen LogP contribution in [0.5, 0.6) is 5.75 Å². The molecule has 33 heavy (non-hydrogen) atoms. The average molecular weight is 449 g/mol. The number of nitrogens with zero attached hydrogens (tertiary/aromatic N) is 2. The van der Waals surface area contributed by atoms with Gasteiger partial charge in [-0.3, -0.25) is 14.5 Å². The van der Waals surface area contributed by atoms with Crippen LogP contribution in [0, 0.1) is 0 Å². The minimum Gasteiger partial charge on any atom is -0.508 e. The van der Waals surface area contributed by atoms with E-state index in [1.165, 1.54) is 23.1 Å². The molecule has 1 atom stereocenters. The highest BCUT2D eigenvalue weighted by Gasteiger charge is 2.42. The number of hydrogen-bond acceptors (Lipinski definition) is 6. The van der Waals surface area contributed by atoms with Crippen molar-refractivity contribution in [2.75, 3.05) is 39.4 Å². The minimum atomic E-state index is -0.762. The van der Waals surface area contributed by atoms with Gasteiger partial charge in [-0.05, 0) is 35.8 Å². The molecule has 1 amide bonds. The quantitative estimate of drug-likeness (QED) is 0.603. The molecule has 2 aromatic carbocycles. The summed E-state index contributed by atoms with van der Waals surface area (Å²) in [5.74, 6) is -1.50. The number of amides is 1. The maximum atomic E-state index is 13.1. The number of ketones is 1. The van der Waals surface area contributed by atoms with E-state index in [1.807, 2.05) is 30.3 Å². The Labute approximate surface area is 193 Å². The van der Waals surface area contributed by atoms with Gasteiger partial charge < -0.3 is 19.8 Å². The number of phenolic OH excluding ortho intramolecular Hbond substituents is 1. The summed E-state index contributed by atoms with van der Waals surface area (Å²) in [6, 6.07) is 15.1. The van der Waals surface area contributed by atoms with E-state index in [4.69, 9.17) is 4.74 Å². The van der Waals surface area contributed by atoms with Crippen molar-refractivity contribution < 1.29 is 24.5 Å². The molecule has 1 unspecified atom stereocenters. The number of aliphatic hydroxyl groups is 1. The maximum absolute atomic E-state index is 13.1. The first kappa shape index (κ1) is 22.8. The summed E-state index contributed by atoms with van der Waals surface area (Å²) in [6.45, 7) is 4.26. The van der Waals surface area contributed by atoms with Crippen molar-refractivity contribution >= 4 is 17.8 Å². The normalized spacial score (nSPS) is 19.6. The lowest BCUT2D eigenvalue weighted by Gasteiger charge is -2.30. The molecule has 4 rings (SSSR count). The van der Waals surface area contributed by atoms with Crippen LogP contribution in [0.1, 0.15) is 23.6 Å². The zero-order chi connectivity index (χ0) is 23.2. The Morgan fingerprint density at radius 1 is 1.03 bits per heavy atom. The van der Waals surface area contributed by atoms with E-state index in [2.05, 4.69) is 4.90 Å². The second-order valence-electron chi connectivity index (χ2n) is 8.17. The van der Waals surface area contributed by atoms with Crippen molar-refractivity contribution in [3.63, 3.8) is 0 Å². The van der Waals surface area contributed by atoms with E-state index in [1.54, 1.807) is 18.2 Å². The molecule has 172 valence electrons. The van der Waals surface area contributed by atoms with Crippen LogP contribution in [-0.2, 0) is 14.3 Å². The number of hydrogen-bond donors (Lipinski definition) is 2. The largest absolute Gasteiger partial charge is 0.508 e. The van der Waals surface area contributed by atoms with Gasteiger partial charge >= 0.3 is 0 Å². The predicted octanol–water partition coefficient (Wildman–Crippen LogP) is 3.09. The summed E-state index contributed by atoms with van der Waals surface area (Å²) in [7, 11) is 0. The lowest BCUT2D eigenvalue weighted by atomic mass is 9.95. The summed E-state index contributed by atoms with van der Waals surface area (Å²) in [6.07, 6.45) is 3.73. The number of carbonyl (C=O) groups is 2. The lowest BCUT2D eigenvalue weighted by molar-refractivity contribution is -0.129. The molecule has 0 bridgehead atoms. The van der Waals surface area contributed by atoms with E-state index in [0.29, 0.717) is 31.7 Å². The average Bonchev–Trinajstić information content (AvgIpc) is 3.09. The van der Waals surface area contributed by atoms with Crippen molar-refractivity contribution in [1.82, 2.24) is 9.80 Å². The van der Waals surface area contributed by atoms with Crippen LogP contribution in [0.25, 0.3) is 6.08 Å². The highest BCUT2D eigenvalue weighted by atomic mass is 16.5. The van der Waals surface area contributed by atoms with Crippen LogP contribution in [0.15, 0.2) is 72.0 Å². The molecular weight excluding hydrogens is 420 g/mol. The highest BCUT2D eigenvalue weighted by molar-refractivity contribution is 6.14. The molecule has 2 aromatic rings. The molecule has 2 N–H and O–H groups in total. The van der Waals surface area contributed by atoms with Gasteiger partial charge in [0.25, 0.3) is 5.91 Å². The van der Waals surface area contributed by atoms with Gasteiger partial charge in [0.2, 0.25) is 0 Å². The molecule has 2 heterocycles. The number of aromatic hydroxyl groups is 1. The zero-order valence-electron chi connectivity index (χ0n) is 18.4. The van der Waals surface area contributed by atoms with Gasteiger partial charge in [0.1, 0.15) is 5.75 Å². The van der Waals surface area contributed by atoms with Crippen molar-refractivity contribution in [2.45, 2.75) is 12.5 Å². The Kier molecular flexibility index (Phi) is 7.22. The smallest absolute Gasteiger partial charge is 0.290 e. The summed E-state index contributed by atoms with van der Waals surface area (Å²) >= 11 is 0. The predicted molar refractivity (Wildman–Crippen MR) is 125 cm³/mol. The van der Waals surface area contributed by atoms with Gasteiger partial charge in [-0.1, -0.05) is 48.5 Å². The Morgan fingerprint density at radius 3 is 2.52 bits per heavy atom. The lowest BCUT2D eigenvalue weighted by Crippen LogP contribution is -2.39. The molecule has 0 aliphatic carbocycles. The Bertz CT molecular complexity index is 1060. The van der Waals surface area contributed by atoms with Crippen LogP contribution in [0.3, 0.4) is 0 Å². The maximum Gasteiger partial charge on any atom is 0.290 e. The van der Waals surface area contributed by atoms with Gasteiger partial charge in [0.05, 0.1) is 24.8 Å². The fourth-order valence-electron chi connectivity index (χ4n) is 4.29. The van der Waals surface area contributed by atoms with E-state index in [-0.39, 0.29) is 11.3 Å². The third-order valence-corrected chi connectivity index (χ3v) is 5.96. The Balaban J connectivity index is 1.57. The molecule has 0 spiro atoms. The van der Waals surface area contributed by atoms with Gasteiger partial charge in [-0.2, -0.15) is 0 Å². The minimum absolute atomic E-state index is 0.0316. The van der Waals surface area contributed by atoms with Crippen LogP contribution in [0.4, 0.5) is 0 Å². The first-order valence-corrected chi connectivity index (χ1v) is 11.1. The monoisotopic (exact) mass is 448 g/mol. The van der Waals surface area contributed by atoms with E-state index in [9.17, 15) is 19.8 Å². The number of allylic oxidation sites excluding steroid dienone is 1. The molecule has 0 saturated carbocycles. The topological polar surface area (TPSA) is 90.3 Å². The van der Waals surface area contributed by atoms with E-state index >= 15 is 0 Å². The zero-order valence-corrected chi connectivity index (χ0v) is 18.4. The highest BCUT2D eigenvalue weighted by Crippen LogP contribution is 2.39. The molecule has 1 fully saturated rings. The molecule has 2 aliphatic rings. The summed E-state index contributed by atoms with van der Waals surface area (Å²) < 4.78 is 5.38. The summed E-state index contributed by atoms with van der Waals surface area (Å²) in [4.78, 5) is 29.9. The first-order valence-electron chi connectivity index (χ1n) is 11.1. The number of morpholine rings is 1. The van der Waals surface area contributed by atoms with Crippen LogP contribution in [-0.4, -0.2) is 71.1 Å². The van der Waals surface area contributed by atoms with Crippen molar-refractivity contribution in [1.29, 1.82) is 0 Å². The fourth-order valence-corrected chi connectivity index (χ4v) is 4.29. The van der Waals surface area contributed by atoms with Gasteiger partial charge in [0.15, 0.2) is 11.5 Å². The molecule has 7 heteroatoms. The second-order valence-corrected chi connectivity index (χ2v) is 8.17.